The van der Waals surface area contributed by atoms with Crippen LogP contribution in [-0.2, 0) is 9.59 Å². The summed E-state index contributed by atoms with van der Waals surface area (Å²) in [6.45, 7) is 1.87. The van der Waals surface area contributed by atoms with Crippen molar-refractivity contribution in [2.75, 3.05) is 5.32 Å². The second-order valence-electron chi connectivity index (χ2n) is 4.01. The van der Waals surface area contributed by atoms with Crippen LogP contribution in [0.3, 0.4) is 0 Å². The van der Waals surface area contributed by atoms with Gasteiger partial charge in [0, 0.05) is 23.6 Å². The van der Waals surface area contributed by atoms with E-state index in [1.54, 1.807) is 12.1 Å². The molecule has 0 saturated carbocycles. The highest BCUT2D eigenvalue weighted by Gasteiger charge is 2.18. The molecule has 0 aliphatic carbocycles. The van der Waals surface area contributed by atoms with Gasteiger partial charge >= 0.3 is 0 Å². The largest absolute Gasteiger partial charge is 0.321 e. The summed E-state index contributed by atoms with van der Waals surface area (Å²) in [7, 11) is 0. The highest BCUT2D eigenvalue weighted by molar-refractivity contribution is 6.43. The van der Waals surface area contributed by atoms with E-state index in [-0.39, 0.29) is 18.2 Å². The molecule has 2 amide bonds. The molecule has 1 aromatic rings. The zero-order valence-electron chi connectivity index (χ0n) is 9.79. The van der Waals surface area contributed by atoms with Crippen LogP contribution < -0.4 is 10.7 Å². The number of hydrogen-bond donors (Lipinski definition) is 2. The average molecular weight is 266 g/mol. The summed E-state index contributed by atoms with van der Waals surface area (Å²) >= 11 is 5.87. The molecule has 0 aromatic heterocycles. The number of halogens is 1. The van der Waals surface area contributed by atoms with E-state index < -0.39 is 0 Å². The Hall–Kier alpha value is -1.88. The number of nitrogens with one attached hydrogen (secondary N) is 2. The molecule has 0 atom stereocenters. The lowest BCUT2D eigenvalue weighted by Crippen LogP contribution is -2.32. The van der Waals surface area contributed by atoms with E-state index >= 15 is 0 Å². The normalized spacial score (nSPS) is 14.8. The zero-order valence-corrected chi connectivity index (χ0v) is 10.5. The van der Waals surface area contributed by atoms with Gasteiger partial charge in [-0.2, -0.15) is 5.10 Å². The van der Waals surface area contributed by atoms with Gasteiger partial charge in [0.25, 0.3) is 5.91 Å². The minimum atomic E-state index is -0.319. The van der Waals surface area contributed by atoms with E-state index in [9.17, 15) is 9.59 Å². The minimum absolute atomic E-state index is 0.175. The number of carbonyl (C=O) groups excluding carboxylic acids is 2. The first-order chi connectivity index (χ1) is 8.56. The zero-order chi connectivity index (χ0) is 13.1. The van der Waals surface area contributed by atoms with Crippen LogP contribution in [0.15, 0.2) is 23.3 Å². The molecule has 0 bridgehead atoms. The maximum absolute atomic E-state index is 11.9. The summed E-state index contributed by atoms with van der Waals surface area (Å²) in [5.41, 5.74) is 4.16. The molecule has 0 fully saturated rings. The molecule has 0 radical (unpaired) electrons. The van der Waals surface area contributed by atoms with E-state index in [4.69, 9.17) is 11.6 Å². The van der Waals surface area contributed by atoms with E-state index in [0.717, 1.165) is 5.56 Å². The van der Waals surface area contributed by atoms with Crippen LogP contribution in [0.25, 0.3) is 0 Å². The second-order valence-corrected chi connectivity index (χ2v) is 4.44. The van der Waals surface area contributed by atoms with Crippen LogP contribution in [0.4, 0.5) is 5.69 Å². The Kier molecular flexibility index (Phi) is 3.62. The van der Waals surface area contributed by atoms with Crippen LogP contribution in [0.1, 0.15) is 18.4 Å². The molecular weight excluding hydrogens is 254 g/mol. The summed E-state index contributed by atoms with van der Waals surface area (Å²) in [5.74, 6) is -0.495. The standard InChI is InChI=1S/C12H12ClN3O2/c1-7-2-3-8(13)6-10(7)14-12(18)9-4-5-11(17)16-15-9/h2-3,6H,4-5H2,1H3,(H,14,18)(H,16,17). The smallest absolute Gasteiger partial charge is 0.271 e. The van der Waals surface area contributed by atoms with Gasteiger partial charge in [0.15, 0.2) is 0 Å². The summed E-state index contributed by atoms with van der Waals surface area (Å²) in [5, 5.41) is 7.01. The fourth-order valence-electron chi connectivity index (χ4n) is 1.56. The first kappa shape index (κ1) is 12.6. The number of aryl methyl sites for hydroxylation is 1. The lowest BCUT2D eigenvalue weighted by atomic mass is 10.1. The van der Waals surface area contributed by atoms with Gasteiger partial charge in [0.05, 0.1) is 0 Å². The fraction of sp³-hybridized carbons (Fsp3) is 0.250. The fourth-order valence-corrected chi connectivity index (χ4v) is 1.73. The van der Waals surface area contributed by atoms with Crippen LogP contribution in [0, 0.1) is 6.92 Å². The van der Waals surface area contributed by atoms with Crippen molar-refractivity contribution in [3.05, 3.63) is 28.8 Å². The Bertz CT molecular complexity index is 540. The number of benzene rings is 1. The topological polar surface area (TPSA) is 70.6 Å². The first-order valence-corrected chi connectivity index (χ1v) is 5.87. The van der Waals surface area contributed by atoms with Crippen LogP contribution in [-0.4, -0.2) is 17.5 Å². The van der Waals surface area contributed by atoms with Crippen molar-refractivity contribution in [3.63, 3.8) is 0 Å². The Balaban J connectivity index is 2.12. The number of hydrazone groups is 1. The van der Waals surface area contributed by atoms with Crippen LogP contribution in [0.2, 0.25) is 5.02 Å². The quantitative estimate of drug-likeness (QED) is 0.857. The molecule has 18 heavy (non-hydrogen) atoms. The monoisotopic (exact) mass is 265 g/mol. The Morgan fingerprint density at radius 1 is 1.44 bits per heavy atom. The van der Waals surface area contributed by atoms with Gasteiger partial charge in [-0.1, -0.05) is 17.7 Å². The molecule has 6 heteroatoms. The predicted octanol–water partition coefficient (Wildman–Crippen LogP) is 1.85. The van der Waals surface area contributed by atoms with Crippen LogP contribution >= 0.6 is 11.6 Å². The lowest BCUT2D eigenvalue weighted by molar-refractivity contribution is -0.121. The minimum Gasteiger partial charge on any atom is -0.321 e. The van der Waals surface area contributed by atoms with Crippen molar-refractivity contribution in [2.24, 2.45) is 5.10 Å². The molecule has 94 valence electrons. The molecule has 1 aliphatic rings. The van der Waals surface area contributed by atoms with E-state index in [2.05, 4.69) is 15.8 Å². The molecule has 1 aromatic carbocycles. The van der Waals surface area contributed by atoms with E-state index in [1.165, 1.54) is 0 Å². The summed E-state index contributed by atoms with van der Waals surface area (Å²) in [4.78, 5) is 22.8. The third kappa shape index (κ3) is 2.87. The Labute approximate surface area is 109 Å². The summed E-state index contributed by atoms with van der Waals surface area (Å²) in [6, 6.07) is 5.25. The van der Waals surface area contributed by atoms with Crippen molar-refractivity contribution in [1.29, 1.82) is 0 Å². The summed E-state index contributed by atoms with van der Waals surface area (Å²) < 4.78 is 0. The number of rotatable bonds is 2. The third-order valence-corrected chi connectivity index (χ3v) is 2.85. The molecule has 1 aliphatic heterocycles. The van der Waals surface area contributed by atoms with Gasteiger partial charge in [0.2, 0.25) is 5.91 Å². The van der Waals surface area contributed by atoms with Crippen molar-refractivity contribution in [3.8, 4) is 0 Å². The number of amides is 2. The molecule has 2 N–H and O–H groups in total. The first-order valence-electron chi connectivity index (χ1n) is 5.49. The predicted molar refractivity (Wildman–Crippen MR) is 69.6 cm³/mol. The van der Waals surface area contributed by atoms with Crippen molar-refractivity contribution in [1.82, 2.24) is 5.43 Å². The highest BCUT2D eigenvalue weighted by Crippen LogP contribution is 2.20. The number of carbonyl (C=O) groups is 2. The van der Waals surface area contributed by atoms with Crippen molar-refractivity contribution < 1.29 is 9.59 Å². The van der Waals surface area contributed by atoms with Gasteiger partial charge < -0.3 is 5.32 Å². The van der Waals surface area contributed by atoms with Gasteiger partial charge in [-0.15, -0.1) is 0 Å². The molecular formula is C12H12ClN3O2. The second kappa shape index (κ2) is 5.18. The van der Waals surface area contributed by atoms with Gasteiger partial charge in [-0.05, 0) is 24.6 Å². The maximum atomic E-state index is 11.9. The number of hydrogen-bond acceptors (Lipinski definition) is 3. The summed E-state index contributed by atoms with van der Waals surface area (Å²) in [6.07, 6.45) is 0.623. The van der Waals surface area contributed by atoms with Crippen molar-refractivity contribution in [2.45, 2.75) is 19.8 Å². The third-order valence-electron chi connectivity index (χ3n) is 2.61. The Morgan fingerprint density at radius 2 is 2.22 bits per heavy atom. The average Bonchev–Trinajstić information content (AvgIpc) is 2.34. The maximum Gasteiger partial charge on any atom is 0.271 e. The van der Waals surface area contributed by atoms with E-state index in [1.807, 2.05) is 13.0 Å². The molecule has 2 rings (SSSR count). The van der Waals surface area contributed by atoms with Crippen molar-refractivity contribution >= 4 is 34.8 Å². The lowest BCUT2D eigenvalue weighted by Gasteiger charge is -2.13. The van der Waals surface area contributed by atoms with Gasteiger partial charge in [-0.25, -0.2) is 5.43 Å². The molecule has 0 unspecified atom stereocenters. The highest BCUT2D eigenvalue weighted by atomic mass is 35.5. The molecule has 0 saturated heterocycles. The van der Waals surface area contributed by atoms with Gasteiger partial charge in [-0.3, -0.25) is 9.59 Å². The molecule has 0 spiro atoms. The molecule has 5 nitrogen and oxygen atoms in total. The number of anilines is 1. The van der Waals surface area contributed by atoms with E-state index in [0.29, 0.717) is 22.8 Å². The van der Waals surface area contributed by atoms with Crippen LogP contribution in [0.5, 0.6) is 0 Å². The number of nitrogens with zero attached hydrogens (tertiary/aromatic N) is 1. The van der Waals surface area contributed by atoms with Gasteiger partial charge in [0.1, 0.15) is 5.71 Å². The molecule has 1 heterocycles. The SMILES string of the molecule is Cc1ccc(Cl)cc1NC(=O)C1=NNC(=O)CC1. The Morgan fingerprint density at radius 3 is 2.89 bits per heavy atom.